The summed E-state index contributed by atoms with van der Waals surface area (Å²) in [6.07, 6.45) is 0. The number of hydrogen-bond acceptors (Lipinski definition) is 3. The summed E-state index contributed by atoms with van der Waals surface area (Å²) in [7, 11) is 1.52. The van der Waals surface area contributed by atoms with E-state index in [0.717, 1.165) is 5.56 Å². The van der Waals surface area contributed by atoms with E-state index in [9.17, 15) is 9.59 Å². The molecule has 1 aromatic heterocycles. The molecule has 0 aliphatic rings. The molecule has 1 heterocycles. The van der Waals surface area contributed by atoms with Gasteiger partial charge in [0.05, 0.1) is 0 Å². The van der Waals surface area contributed by atoms with E-state index in [4.69, 9.17) is 16.0 Å². The molecule has 2 N–H and O–H groups in total. The molecule has 0 bridgehead atoms. The fourth-order valence-corrected chi connectivity index (χ4v) is 2.65. The molecule has 2 aromatic carbocycles. The number of furan rings is 1. The van der Waals surface area contributed by atoms with Crippen LogP contribution in [-0.2, 0) is 4.79 Å². The van der Waals surface area contributed by atoms with Crippen LogP contribution in [0.25, 0.3) is 11.3 Å². The van der Waals surface area contributed by atoms with Gasteiger partial charge in [0.1, 0.15) is 11.8 Å². The van der Waals surface area contributed by atoms with E-state index in [1.165, 1.54) is 7.05 Å². The minimum absolute atomic E-state index is 0.125. The summed E-state index contributed by atoms with van der Waals surface area (Å²) in [5.74, 6) is -0.112. The number of halogens is 1. The zero-order chi connectivity index (χ0) is 18.5. The van der Waals surface area contributed by atoms with Crippen molar-refractivity contribution in [2.24, 2.45) is 0 Å². The Kier molecular flexibility index (Phi) is 5.39. The Morgan fingerprint density at radius 2 is 1.65 bits per heavy atom. The Bertz CT molecular complexity index is 904. The third kappa shape index (κ3) is 3.95. The molecular formula is C20H17ClN2O3. The lowest BCUT2D eigenvalue weighted by molar-refractivity contribution is -0.122. The van der Waals surface area contributed by atoms with Gasteiger partial charge in [-0.15, -0.1) is 0 Å². The number of benzene rings is 2. The second-order valence-electron chi connectivity index (χ2n) is 5.60. The van der Waals surface area contributed by atoms with Gasteiger partial charge in [0, 0.05) is 17.6 Å². The molecule has 132 valence electrons. The molecule has 2 amide bonds. The van der Waals surface area contributed by atoms with Gasteiger partial charge < -0.3 is 15.1 Å². The summed E-state index contributed by atoms with van der Waals surface area (Å²) in [6.45, 7) is 0. The topological polar surface area (TPSA) is 71.3 Å². The van der Waals surface area contributed by atoms with E-state index in [-0.39, 0.29) is 11.7 Å². The molecule has 3 rings (SSSR count). The van der Waals surface area contributed by atoms with E-state index in [1.807, 2.05) is 18.2 Å². The summed E-state index contributed by atoms with van der Waals surface area (Å²) in [4.78, 5) is 24.7. The van der Waals surface area contributed by atoms with Crippen LogP contribution in [0, 0.1) is 0 Å². The maximum Gasteiger partial charge on any atom is 0.287 e. The molecule has 0 aliphatic carbocycles. The highest BCUT2D eigenvalue weighted by molar-refractivity contribution is 6.30. The second kappa shape index (κ2) is 7.89. The van der Waals surface area contributed by atoms with Crippen molar-refractivity contribution in [1.82, 2.24) is 10.6 Å². The van der Waals surface area contributed by atoms with Gasteiger partial charge in [-0.3, -0.25) is 9.59 Å². The van der Waals surface area contributed by atoms with Crippen molar-refractivity contribution in [3.8, 4) is 11.3 Å². The van der Waals surface area contributed by atoms with Gasteiger partial charge in [-0.2, -0.15) is 0 Å². The van der Waals surface area contributed by atoms with Crippen LogP contribution in [0.5, 0.6) is 0 Å². The second-order valence-corrected chi connectivity index (χ2v) is 6.04. The largest absolute Gasteiger partial charge is 0.451 e. The maximum absolute atomic E-state index is 12.5. The predicted molar refractivity (Wildman–Crippen MR) is 99.9 cm³/mol. The lowest BCUT2D eigenvalue weighted by Crippen LogP contribution is -2.38. The number of carbonyl (C=O) groups excluding carboxylic acids is 2. The van der Waals surface area contributed by atoms with Crippen LogP contribution in [0.4, 0.5) is 0 Å². The minimum Gasteiger partial charge on any atom is -0.451 e. The van der Waals surface area contributed by atoms with Crippen LogP contribution >= 0.6 is 11.6 Å². The third-order valence-electron chi connectivity index (χ3n) is 3.88. The Labute approximate surface area is 156 Å². The molecular weight excluding hydrogens is 352 g/mol. The third-order valence-corrected chi connectivity index (χ3v) is 4.13. The summed E-state index contributed by atoms with van der Waals surface area (Å²) in [6, 6.07) is 18.6. The van der Waals surface area contributed by atoms with Crippen LogP contribution in [0.2, 0.25) is 5.02 Å². The van der Waals surface area contributed by atoms with Crippen molar-refractivity contribution in [3.63, 3.8) is 0 Å². The van der Waals surface area contributed by atoms with Gasteiger partial charge in [-0.05, 0) is 42.0 Å². The molecule has 0 saturated carbocycles. The molecule has 0 aliphatic heterocycles. The Hall–Kier alpha value is -3.05. The van der Waals surface area contributed by atoms with Crippen molar-refractivity contribution in [3.05, 3.63) is 83.1 Å². The number of amides is 2. The quantitative estimate of drug-likeness (QED) is 0.719. The van der Waals surface area contributed by atoms with Crippen LogP contribution in [-0.4, -0.2) is 18.9 Å². The lowest BCUT2D eigenvalue weighted by atomic mass is 10.1. The van der Waals surface area contributed by atoms with E-state index in [1.54, 1.807) is 48.5 Å². The highest BCUT2D eigenvalue weighted by Crippen LogP contribution is 2.24. The Morgan fingerprint density at radius 1 is 0.962 bits per heavy atom. The average molecular weight is 369 g/mol. The SMILES string of the molecule is CNC(=O)C(NC(=O)c1ccc(-c2ccc(Cl)cc2)o1)c1ccccc1. The molecule has 6 heteroatoms. The van der Waals surface area contributed by atoms with Gasteiger partial charge in [-0.1, -0.05) is 41.9 Å². The Balaban J connectivity index is 1.80. The molecule has 1 unspecified atom stereocenters. The standard InChI is InChI=1S/C20H17ClN2O3/c1-22-20(25)18(14-5-3-2-4-6-14)23-19(24)17-12-11-16(26-17)13-7-9-15(21)10-8-13/h2-12,18H,1H3,(H,22,25)(H,23,24). The normalized spacial score (nSPS) is 11.6. The number of likely N-dealkylation sites (N-methyl/N-ethyl adjacent to an activating group) is 1. The summed E-state index contributed by atoms with van der Waals surface area (Å²) >= 11 is 5.88. The minimum atomic E-state index is -0.808. The highest BCUT2D eigenvalue weighted by Gasteiger charge is 2.23. The van der Waals surface area contributed by atoms with Gasteiger partial charge in [0.2, 0.25) is 5.91 Å². The summed E-state index contributed by atoms with van der Waals surface area (Å²) in [5, 5.41) is 5.89. The van der Waals surface area contributed by atoms with Crippen molar-refractivity contribution in [2.75, 3.05) is 7.05 Å². The van der Waals surface area contributed by atoms with Gasteiger partial charge >= 0.3 is 0 Å². The maximum atomic E-state index is 12.5. The number of carbonyl (C=O) groups is 2. The van der Waals surface area contributed by atoms with Crippen LogP contribution < -0.4 is 10.6 Å². The number of rotatable bonds is 5. The van der Waals surface area contributed by atoms with Crippen molar-refractivity contribution in [2.45, 2.75) is 6.04 Å². The molecule has 0 spiro atoms. The first kappa shape index (κ1) is 17.8. The highest BCUT2D eigenvalue weighted by atomic mass is 35.5. The van der Waals surface area contributed by atoms with Crippen molar-refractivity contribution >= 4 is 23.4 Å². The van der Waals surface area contributed by atoms with Crippen LogP contribution in [0.15, 0.2) is 71.1 Å². The smallest absolute Gasteiger partial charge is 0.287 e. The first-order chi connectivity index (χ1) is 12.6. The first-order valence-electron chi connectivity index (χ1n) is 8.01. The van der Waals surface area contributed by atoms with Crippen molar-refractivity contribution in [1.29, 1.82) is 0 Å². The summed E-state index contributed by atoms with van der Waals surface area (Å²) < 4.78 is 5.63. The predicted octanol–water partition coefficient (Wildman–Crippen LogP) is 3.82. The fourth-order valence-electron chi connectivity index (χ4n) is 2.52. The zero-order valence-corrected chi connectivity index (χ0v) is 14.8. The number of nitrogens with one attached hydrogen (secondary N) is 2. The zero-order valence-electron chi connectivity index (χ0n) is 14.0. The van der Waals surface area contributed by atoms with Gasteiger partial charge in [0.25, 0.3) is 5.91 Å². The van der Waals surface area contributed by atoms with Crippen LogP contribution in [0.3, 0.4) is 0 Å². The molecule has 1 atom stereocenters. The average Bonchev–Trinajstić information content (AvgIpc) is 3.17. The summed E-state index contributed by atoms with van der Waals surface area (Å²) in [5.41, 5.74) is 1.49. The fraction of sp³-hybridized carbons (Fsp3) is 0.100. The molecule has 0 radical (unpaired) electrons. The van der Waals surface area contributed by atoms with Gasteiger partial charge in [0.15, 0.2) is 5.76 Å². The van der Waals surface area contributed by atoms with E-state index < -0.39 is 11.9 Å². The molecule has 0 saturated heterocycles. The lowest BCUT2D eigenvalue weighted by Gasteiger charge is -2.17. The van der Waals surface area contributed by atoms with Crippen LogP contribution in [0.1, 0.15) is 22.2 Å². The molecule has 5 nitrogen and oxygen atoms in total. The van der Waals surface area contributed by atoms with Gasteiger partial charge in [-0.25, -0.2) is 0 Å². The Morgan fingerprint density at radius 3 is 2.31 bits per heavy atom. The van der Waals surface area contributed by atoms with E-state index >= 15 is 0 Å². The monoisotopic (exact) mass is 368 g/mol. The number of hydrogen-bond donors (Lipinski definition) is 2. The molecule has 0 fully saturated rings. The molecule has 26 heavy (non-hydrogen) atoms. The van der Waals surface area contributed by atoms with Crippen molar-refractivity contribution < 1.29 is 14.0 Å². The van der Waals surface area contributed by atoms with E-state index in [0.29, 0.717) is 16.3 Å². The first-order valence-corrected chi connectivity index (χ1v) is 8.39. The molecule has 3 aromatic rings. The van der Waals surface area contributed by atoms with E-state index in [2.05, 4.69) is 10.6 Å².